The van der Waals surface area contributed by atoms with Gasteiger partial charge < -0.3 is 4.57 Å². The predicted molar refractivity (Wildman–Crippen MR) is 215 cm³/mol. The van der Waals surface area contributed by atoms with Gasteiger partial charge in [-0.25, -0.2) is 4.90 Å². The molecule has 0 saturated carbocycles. The summed E-state index contributed by atoms with van der Waals surface area (Å²) in [5.74, 6) is -1.45. The number of carbonyl (C=O) groups excluding carboxylic acids is 2. The number of hydrogen-bond acceptors (Lipinski definition) is 2. The lowest BCUT2D eigenvalue weighted by Crippen LogP contribution is -2.29. The van der Waals surface area contributed by atoms with E-state index >= 15 is 0 Å². The van der Waals surface area contributed by atoms with Crippen LogP contribution < -0.4 is 4.90 Å². The summed E-state index contributed by atoms with van der Waals surface area (Å²) in [5, 5.41) is 0.0659. The van der Waals surface area contributed by atoms with E-state index in [4.69, 9.17) is 0 Å². The maximum atomic E-state index is 14.4. The van der Waals surface area contributed by atoms with Gasteiger partial charge in [0.25, 0.3) is 11.8 Å². The van der Waals surface area contributed by atoms with E-state index < -0.39 is 69.9 Å². The summed E-state index contributed by atoms with van der Waals surface area (Å²) in [6.45, 7) is 0. The number of halogens is 12. The zero-order chi connectivity index (χ0) is 45.7. The Balaban J connectivity index is 1.26. The monoisotopic (exact) mass is 888 g/mol. The molecule has 2 amide bonds. The Kier molecular flexibility index (Phi) is 9.58. The molecule has 0 unspecified atom stereocenters. The summed E-state index contributed by atoms with van der Waals surface area (Å²) in [6, 6.07) is 29.7. The molecule has 64 heavy (non-hydrogen) atoms. The van der Waals surface area contributed by atoms with E-state index in [1.54, 1.807) is 24.3 Å². The van der Waals surface area contributed by atoms with Crippen LogP contribution >= 0.6 is 0 Å². The number of imide groups is 1. The number of alkyl halides is 12. The maximum absolute atomic E-state index is 14.4. The van der Waals surface area contributed by atoms with Gasteiger partial charge in [0.2, 0.25) is 0 Å². The molecule has 0 spiro atoms. The number of hydrogen-bond donors (Lipinski definition) is 0. The van der Waals surface area contributed by atoms with E-state index in [0.717, 1.165) is 16.0 Å². The standard InChI is InChI=1S/C48H24F12N2O2/c49-45(50,51)29-13-17-32(37(23-29)47(55,56)57)27-11-19-39-35(21-27)36-22-28(33-18-14-30(46(52,53)54)24-38(33)48(58,59)60)12-20-40(36)62(39)41-8-4-7-34-42(41)44(64)61(43(34)63)31-15-9-26(10-16-31)25-5-2-1-3-6-25/h1-24H. The second kappa shape index (κ2) is 14.6. The van der Waals surface area contributed by atoms with Gasteiger partial charge in [-0.15, -0.1) is 0 Å². The van der Waals surface area contributed by atoms with Gasteiger partial charge in [0, 0.05) is 10.8 Å². The number of nitrogens with zero attached hydrogens (tertiary/aromatic N) is 2. The minimum atomic E-state index is -5.28. The van der Waals surface area contributed by atoms with Crippen molar-refractivity contribution in [3.8, 4) is 39.1 Å². The van der Waals surface area contributed by atoms with Crippen LogP contribution in [0.15, 0.2) is 146 Å². The van der Waals surface area contributed by atoms with Gasteiger partial charge in [-0.2, -0.15) is 52.7 Å². The van der Waals surface area contributed by atoms with Gasteiger partial charge in [0.1, 0.15) is 0 Å². The Hall–Kier alpha value is -7.36. The summed E-state index contributed by atoms with van der Waals surface area (Å²) in [7, 11) is 0. The number of anilines is 1. The Morgan fingerprint density at radius 1 is 0.375 bits per heavy atom. The average molecular weight is 889 g/mol. The first-order valence-corrected chi connectivity index (χ1v) is 18.9. The van der Waals surface area contributed by atoms with Crippen molar-refractivity contribution >= 4 is 39.3 Å². The normalized spacial score (nSPS) is 13.7. The van der Waals surface area contributed by atoms with E-state index in [-0.39, 0.29) is 67.6 Å². The van der Waals surface area contributed by atoms with Crippen LogP contribution in [0.2, 0.25) is 0 Å². The molecule has 1 aliphatic heterocycles. The summed E-state index contributed by atoms with van der Waals surface area (Å²) in [6.07, 6.45) is -20.8. The van der Waals surface area contributed by atoms with Crippen molar-refractivity contribution in [2.45, 2.75) is 24.7 Å². The molecule has 0 aliphatic carbocycles. The van der Waals surface area contributed by atoms with E-state index in [1.807, 2.05) is 30.3 Å². The first-order valence-electron chi connectivity index (χ1n) is 18.9. The molecule has 7 aromatic carbocycles. The maximum Gasteiger partial charge on any atom is 0.417 e. The van der Waals surface area contributed by atoms with Crippen molar-refractivity contribution in [1.29, 1.82) is 0 Å². The van der Waals surface area contributed by atoms with Crippen LogP contribution in [0.4, 0.5) is 58.4 Å². The molecule has 16 heteroatoms. The van der Waals surface area contributed by atoms with Crippen LogP contribution in [-0.4, -0.2) is 16.4 Å². The molecule has 8 aromatic rings. The molecule has 9 rings (SSSR count). The minimum Gasteiger partial charge on any atom is -0.308 e. The Labute approximate surface area is 353 Å². The lowest BCUT2D eigenvalue weighted by Gasteiger charge is -2.17. The number of carbonyl (C=O) groups is 2. The summed E-state index contributed by atoms with van der Waals surface area (Å²) in [5.41, 5.74) is -6.13. The molecule has 2 heterocycles. The number of rotatable bonds is 5. The third-order valence-corrected chi connectivity index (χ3v) is 11.1. The van der Waals surface area contributed by atoms with Crippen molar-refractivity contribution in [1.82, 2.24) is 4.57 Å². The zero-order valence-electron chi connectivity index (χ0n) is 32.1. The number of aromatic nitrogens is 1. The SMILES string of the molecule is O=C1c2cccc(-n3c4ccc(-c5ccc(C(F)(F)F)cc5C(F)(F)F)cc4c4cc(-c5ccc(C(F)(F)F)cc5C(F)(F)F)ccc43)c2C(=O)N1c1ccc(-c2ccccc2)cc1. The first kappa shape index (κ1) is 42.0. The molecule has 0 fully saturated rings. The Morgan fingerprint density at radius 2 is 0.844 bits per heavy atom. The van der Waals surface area contributed by atoms with E-state index in [1.165, 1.54) is 59.2 Å². The van der Waals surface area contributed by atoms with Crippen LogP contribution in [0.3, 0.4) is 0 Å². The smallest absolute Gasteiger partial charge is 0.308 e. The van der Waals surface area contributed by atoms with E-state index in [2.05, 4.69) is 0 Å². The van der Waals surface area contributed by atoms with Crippen LogP contribution in [0.5, 0.6) is 0 Å². The molecule has 0 saturated heterocycles. The zero-order valence-corrected chi connectivity index (χ0v) is 32.1. The average Bonchev–Trinajstić information content (AvgIpc) is 3.71. The Morgan fingerprint density at radius 3 is 1.31 bits per heavy atom. The molecule has 0 bridgehead atoms. The molecule has 0 radical (unpaired) electrons. The second-order valence-electron chi connectivity index (χ2n) is 14.9. The fraction of sp³-hybridized carbons (Fsp3) is 0.0833. The fourth-order valence-electron chi connectivity index (χ4n) is 8.15. The number of benzene rings is 7. The van der Waals surface area contributed by atoms with Gasteiger partial charge in [-0.3, -0.25) is 9.59 Å². The fourth-order valence-corrected chi connectivity index (χ4v) is 8.15. The quantitative estimate of drug-likeness (QED) is 0.128. The lowest BCUT2D eigenvalue weighted by atomic mass is 9.94. The molecule has 4 nitrogen and oxygen atoms in total. The molecule has 322 valence electrons. The van der Waals surface area contributed by atoms with Crippen molar-refractivity contribution in [2.24, 2.45) is 0 Å². The van der Waals surface area contributed by atoms with E-state index in [0.29, 0.717) is 24.3 Å². The highest BCUT2D eigenvalue weighted by molar-refractivity contribution is 6.35. The third-order valence-electron chi connectivity index (χ3n) is 11.1. The van der Waals surface area contributed by atoms with Gasteiger partial charge >= 0.3 is 24.7 Å². The van der Waals surface area contributed by atoms with Crippen molar-refractivity contribution in [3.05, 3.63) is 179 Å². The van der Waals surface area contributed by atoms with E-state index in [9.17, 15) is 62.3 Å². The molecular weight excluding hydrogens is 865 g/mol. The van der Waals surface area contributed by atoms with Gasteiger partial charge in [-0.05, 0) is 106 Å². The van der Waals surface area contributed by atoms with Crippen molar-refractivity contribution in [3.63, 3.8) is 0 Å². The molecule has 0 atom stereocenters. The van der Waals surface area contributed by atoms with Crippen LogP contribution in [-0.2, 0) is 24.7 Å². The van der Waals surface area contributed by atoms with Gasteiger partial charge in [0.05, 0.1) is 55.8 Å². The topological polar surface area (TPSA) is 42.3 Å². The summed E-state index contributed by atoms with van der Waals surface area (Å²) in [4.78, 5) is 29.3. The highest BCUT2D eigenvalue weighted by Gasteiger charge is 2.42. The van der Waals surface area contributed by atoms with Crippen molar-refractivity contribution in [2.75, 3.05) is 4.90 Å². The summed E-state index contributed by atoms with van der Waals surface area (Å²) < 4.78 is 170. The third kappa shape index (κ3) is 7.12. The number of fused-ring (bicyclic) bond motifs is 4. The van der Waals surface area contributed by atoms with Gasteiger partial charge in [0.15, 0.2) is 0 Å². The van der Waals surface area contributed by atoms with Crippen LogP contribution in [0.25, 0.3) is 60.9 Å². The highest BCUT2D eigenvalue weighted by atomic mass is 19.4. The largest absolute Gasteiger partial charge is 0.417 e. The summed E-state index contributed by atoms with van der Waals surface area (Å²) >= 11 is 0. The first-order chi connectivity index (χ1) is 30.1. The van der Waals surface area contributed by atoms with Crippen LogP contribution in [0, 0.1) is 0 Å². The molecule has 1 aromatic heterocycles. The predicted octanol–water partition coefficient (Wildman–Crippen LogP) is 14.7. The Bertz CT molecular complexity index is 3070. The number of amides is 2. The minimum absolute atomic E-state index is 0.0305. The highest BCUT2D eigenvalue weighted by Crippen LogP contribution is 2.46. The molecular formula is C48H24F12N2O2. The second-order valence-corrected chi connectivity index (χ2v) is 14.9. The lowest BCUT2D eigenvalue weighted by molar-refractivity contribution is -0.144. The molecule has 1 aliphatic rings. The van der Waals surface area contributed by atoms with Gasteiger partial charge in [-0.1, -0.05) is 72.8 Å². The van der Waals surface area contributed by atoms with Crippen LogP contribution in [0.1, 0.15) is 43.0 Å². The van der Waals surface area contributed by atoms with Crippen molar-refractivity contribution < 1.29 is 62.3 Å². The molecule has 0 N–H and O–H groups in total.